The third-order valence-electron chi connectivity index (χ3n) is 4.05. The van der Waals surface area contributed by atoms with Crippen molar-refractivity contribution >= 4 is 17.3 Å². The Hall–Kier alpha value is -1.75. The molecule has 0 bridgehead atoms. The first-order valence-electron chi connectivity index (χ1n) is 7.18. The fourth-order valence-corrected chi connectivity index (χ4v) is 2.72. The second-order valence-electron chi connectivity index (χ2n) is 5.60. The van der Waals surface area contributed by atoms with E-state index in [9.17, 15) is 4.79 Å². The smallest absolute Gasteiger partial charge is 0.250 e. The molecule has 0 spiro atoms. The molecule has 0 atom stereocenters. The molecule has 1 heterocycles. The van der Waals surface area contributed by atoms with E-state index in [1.165, 1.54) is 25.9 Å². The van der Waals surface area contributed by atoms with Crippen LogP contribution in [0.5, 0.6) is 0 Å². The van der Waals surface area contributed by atoms with Crippen LogP contribution >= 0.6 is 0 Å². The molecule has 110 valence electrons. The Labute approximate surface area is 120 Å². The van der Waals surface area contributed by atoms with Crippen molar-refractivity contribution in [3.05, 3.63) is 23.8 Å². The fourth-order valence-electron chi connectivity index (χ4n) is 2.72. The van der Waals surface area contributed by atoms with Gasteiger partial charge in [-0.05, 0) is 57.5 Å². The fraction of sp³-hybridized carbons (Fsp3) is 0.533. The summed E-state index contributed by atoms with van der Waals surface area (Å²) < 4.78 is 0. The summed E-state index contributed by atoms with van der Waals surface area (Å²) in [4.78, 5) is 13.8. The highest BCUT2D eigenvalue weighted by Gasteiger charge is 2.17. The van der Waals surface area contributed by atoms with Crippen LogP contribution in [0.3, 0.4) is 0 Å². The van der Waals surface area contributed by atoms with Gasteiger partial charge < -0.3 is 21.7 Å². The zero-order chi connectivity index (χ0) is 14.5. The first-order valence-corrected chi connectivity index (χ1v) is 7.18. The quantitative estimate of drug-likeness (QED) is 0.712. The van der Waals surface area contributed by atoms with Crippen LogP contribution in [0.2, 0.25) is 0 Å². The van der Waals surface area contributed by atoms with E-state index in [0.29, 0.717) is 16.9 Å². The Morgan fingerprint density at radius 2 is 2.10 bits per heavy atom. The van der Waals surface area contributed by atoms with E-state index < -0.39 is 5.91 Å². The third-order valence-corrected chi connectivity index (χ3v) is 4.05. The number of carbonyl (C=O) groups is 1. The maximum atomic E-state index is 11.4. The summed E-state index contributed by atoms with van der Waals surface area (Å²) in [6.07, 6.45) is 3.58. The molecule has 0 radical (unpaired) electrons. The summed E-state index contributed by atoms with van der Waals surface area (Å²) in [5, 5.41) is 3.28. The van der Waals surface area contributed by atoms with Gasteiger partial charge in [0.05, 0.1) is 16.9 Å². The number of anilines is 2. The molecular formula is C15H24N4O. The molecular weight excluding hydrogens is 252 g/mol. The van der Waals surface area contributed by atoms with Crippen molar-refractivity contribution in [2.75, 3.05) is 37.7 Å². The van der Waals surface area contributed by atoms with Gasteiger partial charge in [-0.3, -0.25) is 4.79 Å². The summed E-state index contributed by atoms with van der Waals surface area (Å²) in [6, 6.07) is 5.23. The number of likely N-dealkylation sites (tertiary alicyclic amines) is 1. The molecule has 1 aliphatic heterocycles. The number of amides is 1. The number of para-hydroxylation sites is 1. The van der Waals surface area contributed by atoms with Crippen LogP contribution < -0.4 is 16.8 Å². The maximum Gasteiger partial charge on any atom is 0.250 e. The number of nitrogens with zero attached hydrogens (tertiary/aromatic N) is 1. The van der Waals surface area contributed by atoms with Gasteiger partial charge in [0.25, 0.3) is 5.91 Å². The van der Waals surface area contributed by atoms with Gasteiger partial charge in [0.1, 0.15) is 0 Å². The van der Waals surface area contributed by atoms with Crippen molar-refractivity contribution in [3.8, 4) is 0 Å². The lowest BCUT2D eigenvalue weighted by molar-refractivity contribution is 0.100. The average molecular weight is 276 g/mol. The minimum absolute atomic E-state index is 0.445. The number of hydrogen-bond donors (Lipinski definition) is 3. The molecule has 5 heteroatoms. The van der Waals surface area contributed by atoms with Gasteiger partial charge in [0, 0.05) is 6.54 Å². The third kappa shape index (κ3) is 3.63. The average Bonchev–Trinajstić information content (AvgIpc) is 2.42. The number of primary amides is 1. The lowest BCUT2D eigenvalue weighted by Crippen LogP contribution is -2.31. The Kier molecular flexibility index (Phi) is 4.84. The standard InChI is InChI=1S/C15H24N4O/c1-19-9-6-11(7-10-19)5-8-18-14-12(15(17)20)3-2-4-13(14)16/h2-4,11,18H,5-10,16H2,1H3,(H2,17,20). The first kappa shape index (κ1) is 14.7. The minimum Gasteiger partial charge on any atom is -0.397 e. The van der Waals surface area contributed by atoms with Gasteiger partial charge in [-0.15, -0.1) is 0 Å². The number of rotatable bonds is 5. The van der Waals surface area contributed by atoms with Gasteiger partial charge in [-0.25, -0.2) is 0 Å². The molecule has 1 aliphatic rings. The van der Waals surface area contributed by atoms with Gasteiger partial charge >= 0.3 is 0 Å². The summed E-state index contributed by atoms with van der Waals surface area (Å²) in [6.45, 7) is 3.16. The van der Waals surface area contributed by atoms with E-state index in [4.69, 9.17) is 11.5 Å². The normalized spacial score (nSPS) is 17.1. The van der Waals surface area contributed by atoms with Gasteiger partial charge in [-0.2, -0.15) is 0 Å². The molecule has 20 heavy (non-hydrogen) atoms. The number of nitrogens with one attached hydrogen (secondary N) is 1. The first-order chi connectivity index (χ1) is 9.58. The Bertz CT molecular complexity index is 467. The predicted molar refractivity (Wildman–Crippen MR) is 82.7 cm³/mol. The van der Waals surface area contributed by atoms with E-state index in [1.807, 2.05) is 0 Å². The SMILES string of the molecule is CN1CCC(CCNc2c(N)cccc2C(N)=O)CC1. The van der Waals surface area contributed by atoms with E-state index in [1.54, 1.807) is 18.2 Å². The summed E-state index contributed by atoms with van der Waals surface area (Å²) >= 11 is 0. The summed E-state index contributed by atoms with van der Waals surface area (Å²) in [5.41, 5.74) is 13.0. The van der Waals surface area contributed by atoms with Crippen molar-refractivity contribution in [1.82, 2.24) is 4.90 Å². The molecule has 0 unspecified atom stereocenters. The molecule has 2 rings (SSSR count). The number of carbonyl (C=O) groups excluding carboxylic acids is 1. The molecule has 1 saturated heterocycles. The molecule has 0 saturated carbocycles. The zero-order valence-electron chi connectivity index (χ0n) is 12.1. The van der Waals surface area contributed by atoms with E-state index in [-0.39, 0.29) is 0 Å². The van der Waals surface area contributed by atoms with Crippen LogP contribution in [-0.4, -0.2) is 37.5 Å². The summed E-state index contributed by atoms with van der Waals surface area (Å²) in [7, 11) is 2.16. The Balaban J connectivity index is 1.89. The molecule has 0 aromatic heterocycles. The second kappa shape index (κ2) is 6.61. The number of hydrogen-bond acceptors (Lipinski definition) is 4. The lowest BCUT2D eigenvalue weighted by atomic mass is 9.94. The minimum atomic E-state index is -0.445. The second-order valence-corrected chi connectivity index (χ2v) is 5.60. The van der Waals surface area contributed by atoms with Crippen molar-refractivity contribution in [3.63, 3.8) is 0 Å². The van der Waals surface area contributed by atoms with Gasteiger partial charge in [-0.1, -0.05) is 6.07 Å². The van der Waals surface area contributed by atoms with Gasteiger partial charge in [0.2, 0.25) is 0 Å². The molecule has 0 aliphatic carbocycles. The molecule has 1 aromatic rings. The monoisotopic (exact) mass is 276 g/mol. The lowest BCUT2D eigenvalue weighted by Gasteiger charge is -2.29. The Morgan fingerprint density at radius 3 is 2.75 bits per heavy atom. The van der Waals surface area contributed by atoms with E-state index in [2.05, 4.69) is 17.3 Å². The molecule has 1 amide bonds. The number of piperidine rings is 1. The van der Waals surface area contributed by atoms with Crippen molar-refractivity contribution < 1.29 is 4.79 Å². The molecule has 1 aromatic carbocycles. The van der Waals surface area contributed by atoms with Crippen LogP contribution in [0.25, 0.3) is 0 Å². The highest BCUT2D eigenvalue weighted by Crippen LogP contribution is 2.24. The number of nitrogens with two attached hydrogens (primary N) is 2. The molecule has 1 fully saturated rings. The van der Waals surface area contributed by atoms with Crippen molar-refractivity contribution in [1.29, 1.82) is 0 Å². The van der Waals surface area contributed by atoms with Gasteiger partial charge in [0.15, 0.2) is 0 Å². The highest BCUT2D eigenvalue weighted by molar-refractivity contribution is 6.01. The number of benzene rings is 1. The van der Waals surface area contributed by atoms with Crippen LogP contribution in [0.15, 0.2) is 18.2 Å². The predicted octanol–water partition coefficient (Wildman–Crippen LogP) is 1.51. The molecule has 5 nitrogen and oxygen atoms in total. The topological polar surface area (TPSA) is 84.4 Å². The Morgan fingerprint density at radius 1 is 1.40 bits per heavy atom. The molecule has 5 N–H and O–H groups in total. The zero-order valence-corrected chi connectivity index (χ0v) is 12.1. The van der Waals surface area contributed by atoms with Crippen LogP contribution in [0, 0.1) is 5.92 Å². The summed E-state index contributed by atoms with van der Waals surface area (Å²) in [5.74, 6) is 0.305. The van der Waals surface area contributed by atoms with E-state index >= 15 is 0 Å². The highest BCUT2D eigenvalue weighted by atomic mass is 16.1. The van der Waals surface area contributed by atoms with Crippen LogP contribution in [0.1, 0.15) is 29.6 Å². The maximum absolute atomic E-state index is 11.4. The van der Waals surface area contributed by atoms with Crippen molar-refractivity contribution in [2.45, 2.75) is 19.3 Å². The van der Waals surface area contributed by atoms with Crippen molar-refractivity contribution in [2.24, 2.45) is 11.7 Å². The largest absolute Gasteiger partial charge is 0.397 e. The number of nitrogen functional groups attached to an aromatic ring is 1. The van der Waals surface area contributed by atoms with Crippen LogP contribution in [-0.2, 0) is 0 Å². The van der Waals surface area contributed by atoms with E-state index in [0.717, 1.165) is 18.9 Å². The van der Waals surface area contributed by atoms with Crippen LogP contribution in [0.4, 0.5) is 11.4 Å².